The lowest BCUT2D eigenvalue weighted by atomic mass is 10.1. The minimum absolute atomic E-state index is 0.497. The van der Waals surface area contributed by atoms with Crippen molar-refractivity contribution in [3.05, 3.63) is 18.0 Å². The van der Waals surface area contributed by atoms with Crippen molar-refractivity contribution in [2.24, 2.45) is 0 Å². The van der Waals surface area contributed by atoms with Crippen molar-refractivity contribution in [2.45, 2.75) is 71.6 Å². The van der Waals surface area contributed by atoms with Crippen LogP contribution in [0.2, 0.25) is 0 Å². The van der Waals surface area contributed by atoms with E-state index in [1.165, 1.54) is 18.5 Å². The molecule has 1 saturated heterocycles. The summed E-state index contributed by atoms with van der Waals surface area (Å²) < 4.78 is 2.10. The van der Waals surface area contributed by atoms with Crippen molar-refractivity contribution < 1.29 is 0 Å². The summed E-state index contributed by atoms with van der Waals surface area (Å²) in [6.07, 6.45) is 5.77. The van der Waals surface area contributed by atoms with Crippen molar-refractivity contribution in [3.63, 3.8) is 0 Å². The van der Waals surface area contributed by atoms with Crippen LogP contribution in [0, 0.1) is 0 Å². The van der Waals surface area contributed by atoms with E-state index in [0.29, 0.717) is 18.1 Å². The monoisotopic (exact) mass is 278 g/mol. The van der Waals surface area contributed by atoms with Gasteiger partial charge in [0.05, 0.1) is 5.69 Å². The van der Waals surface area contributed by atoms with E-state index in [0.717, 1.165) is 26.1 Å². The van der Waals surface area contributed by atoms with Gasteiger partial charge in [-0.2, -0.15) is 5.10 Å². The van der Waals surface area contributed by atoms with Crippen LogP contribution in [-0.4, -0.2) is 39.9 Å². The van der Waals surface area contributed by atoms with Crippen LogP contribution in [0.4, 0.5) is 0 Å². The minimum Gasteiger partial charge on any atom is -0.311 e. The van der Waals surface area contributed by atoms with Gasteiger partial charge in [-0.05, 0) is 32.8 Å². The maximum absolute atomic E-state index is 4.74. The lowest BCUT2D eigenvalue weighted by Crippen LogP contribution is -2.54. The summed E-state index contributed by atoms with van der Waals surface area (Å²) >= 11 is 0. The lowest BCUT2D eigenvalue weighted by Gasteiger charge is -2.38. The molecule has 4 heteroatoms. The summed E-state index contributed by atoms with van der Waals surface area (Å²) in [5, 5.41) is 8.39. The van der Waals surface area contributed by atoms with Crippen LogP contribution in [0.25, 0.3) is 0 Å². The molecular weight excluding hydrogens is 248 g/mol. The second-order valence-electron chi connectivity index (χ2n) is 6.22. The second kappa shape index (κ2) is 7.23. The molecule has 1 aromatic heterocycles. The first-order chi connectivity index (χ1) is 9.63. The van der Waals surface area contributed by atoms with Gasteiger partial charge in [0.2, 0.25) is 0 Å². The average Bonchev–Trinajstić information content (AvgIpc) is 2.90. The van der Waals surface area contributed by atoms with Crippen molar-refractivity contribution in [1.29, 1.82) is 0 Å². The quantitative estimate of drug-likeness (QED) is 0.868. The van der Waals surface area contributed by atoms with E-state index in [4.69, 9.17) is 5.10 Å². The fourth-order valence-corrected chi connectivity index (χ4v) is 2.86. The van der Waals surface area contributed by atoms with Crippen LogP contribution < -0.4 is 5.32 Å². The predicted molar refractivity (Wildman–Crippen MR) is 83.8 cm³/mol. The number of nitrogens with one attached hydrogen (secondary N) is 1. The van der Waals surface area contributed by atoms with Crippen molar-refractivity contribution in [3.8, 4) is 0 Å². The van der Waals surface area contributed by atoms with E-state index in [1.54, 1.807) is 0 Å². The standard InChI is InChI=1S/C16H30N4/c1-5-7-15-11-19(14(4)10-17-15)12-16-8-9-20(18-16)13(3)6-2/h8-9,13-15,17H,5-7,10-12H2,1-4H3. The van der Waals surface area contributed by atoms with Crippen molar-refractivity contribution in [2.75, 3.05) is 13.1 Å². The summed E-state index contributed by atoms with van der Waals surface area (Å²) in [5.74, 6) is 0. The normalized spacial score (nSPS) is 25.8. The van der Waals surface area contributed by atoms with Gasteiger partial charge in [-0.25, -0.2) is 0 Å². The Labute approximate surface area is 123 Å². The Morgan fingerprint density at radius 1 is 1.45 bits per heavy atom. The molecule has 1 aliphatic heterocycles. The fraction of sp³-hybridized carbons (Fsp3) is 0.812. The Morgan fingerprint density at radius 2 is 2.25 bits per heavy atom. The summed E-state index contributed by atoms with van der Waals surface area (Å²) in [4.78, 5) is 2.57. The molecule has 0 radical (unpaired) electrons. The third kappa shape index (κ3) is 3.83. The van der Waals surface area contributed by atoms with Crippen LogP contribution in [-0.2, 0) is 6.54 Å². The number of aromatic nitrogens is 2. The van der Waals surface area contributed by atoms with Gasteiger partial charge in [0, 0.05) is 44.0 Å². The maximum atomic E-state index is 4.74. The molecule has 0 aliphatic carbocycles. The van der Waals surface area contributed by atoms with E-state index in [-0.39, 0.29) is 0 Å². The van der Waals surface area contributed by atoms with E-state index < -0.39 is 0 Å². The summed E-state index contributed by atoms with van der Waals surface area (Å²) in [6, 6.07) is 3.91. The Bertz CT molecular complexity index is 401. The maximum Gasteiger partial charge on any atom is 0.0765 e. The Morgan fingerprint density at radius 3 is 2.95 bits per heavy atom. The first kappa shape index (κ1) is 15.5. The Kier molecular flexibility index (Phi) is 5.61. The molecule has 1 N–H and O–H groups in total. The summed E-state index contributed by atoms with van der Waals surface area (Å²) in [5.41, 5.74) is 1.20. The molecule has 0 aromatic carbocycles. The highest BCUT2D eigenvalue weighted by molar-refractivity contribution is 5.01. The van der Waals surface area contributed by atoms with Crippen molar-refractivity contribution >= 4 is 0 Å². The van der Waals surface area contributed by atoms with Crippen LogP contribution in [0.1, 0.15) is 58.7 Å². The second-order valence-corrected chi connectivity index (χ2v) is 6.22. The molecule has 2 rings (SSSR count). The zero-order valence-corrected chi connectivity index (χ0v) is 13.5. The fourth-order valence-electron chi connectivity index (χ4n) is 2.86. The molecule has 0 saturated carbocycles. The number of hydrogen-bond acceptors (Lipinski definition) is 3. The Hall–Kier alpha value is -0.870. The first-order valence-electron chi connectivity index (χ1n) is 8.15. The molecule has 4 nitrogen and oxygen atoms in total. The van der Waals surface area contributed by atoms with Gasteiger partial charge in [0.1, 0.15) is 0 Å². The zero-order valence-electron chi connectivity index (χ0n) is 13.5. The molecule has 114 valence electrons. The van der Waals surface area contributed by atoms with Gasteiger partial charge >= 0.3 is 0 Å². The van der Waals surface area contributed by atoms with Crippen LogP contribution in [0.15, 0.2) is 12.3 Å². The van der Waals surface area contributed by atoms with Gasteiger partial charge in [-0.1, -0.05) is 20.3 Å². The third-order valence-corrected chi connectivity index (χ3v) is 4.49. The predicted octanol–water partition coefficient (Wildman–Crippen LogP) is 2.82. The highest BCUT2D eigenvalue weighted by Gasteiger charge is 2.24. The zero-order chi connectivity index (χ0) is 14.5. The molecule has 1 aliphatic rings. The minimum atomic E-state index is 0.497. The van der Waals surface area contributed by atoms with Crippen LogP contribution >= 0.6 is 0 Å². The molecule has 0 spiro atoms. The van der Waals surface area contributed by atoms with Gasteiger partial charge in [0.25, 0.3) is 0 Å². The van der Waals surface area contributed by atoms with Gasteiger partial charge in [-0.3, -0.25) is 9.58 Å². The number of rotatable bonds is 6. The van der Waals surface area contributed by atoms with Crippen LogP contribution in [0.5, 0.6) is 0 Å². The molecule has 3 unspecified atom stereocenters. The molecule has 0 bridgehead atoms. The summed E-state index contributed by atoms with van der Waals surface area (Å²) in [7, 11) is 0. The molecule has 3 atom stereocenters. The first-order valence-corrected chi connectivity index (χ1v) is 8.15. The molecule has 1 aromatic rings. The smallest absolute Gasteiger partial charge is 0.0765 e. The molecule has 2 heterocycles. The highest BCUT2D eigenvalue weighted by Crippen LogP contribution is 2.15. The average molecular weight is 278 g/mol. The van der Waals surface area contributed by atoms with E-state index in [1.807, 2.05) is 0 Å². The SMILES string of the molecule is CCCC1CN(Cc2ccn(C(C)CC)n2)C(C)CN1. The van der Waals surface area contributed by atoms with Crippen LogP contribution in [0.3, 0.4) is 0 Å². The highest BCUT2D eigenvalue weighted by atomic mass is 15.3. The largest absolute Gasteiger partial charge is 0.311 e. The summed E-state index contributed by atoms with van der Waals surface area (Å²) in [6.45, 7) is 12.2. The van der Waals surface area contributed by atoms with E-state index in [9.17, 15) is 0 Å². The number of piperazine rings is 1. The Balaban J connectivity index is 1.95. The molecular formula is C16H30N4. The van der Waals surface area contributed by atoms with Gasteiger partial charge < -0.3 is 5.32 Å². The van der Waals surface area contributed by atoms with Crippen molar-refractivity contribution in [1.82, 2.24) is 20.0 Å². The number of hydrogen-bond donors (Lipinski definition) is 1. The topological polar surface area (TPSA) is 33.1 Å². The lowest BCUT2D eigenvalue weighted by molar-refractivity contribution is 0.127. The molecule has 1 fully saturated rings. The molecule has 20 heavy (non-hydrogen) atoms. The number of nitrogens with zero attached hydrogens (tertiary/aromatic N) is 3. The van der Waals surface area contributed by atoms with Gasteiger partial charge in [0.15, 0.2) is 0 Å². The third-order valence-electron chi connectivity index (χ3n) is 4.49. The molecule has 0 amide bonds. The van der Waals surface area contributed by atoms with Gasteiger partial charge in [-0.15, -0.1) is 0 Å². The van der Waals surface area contributed by atoms with E-state index in [2.05, 4.69) is 54.9 Å². The van der Waals surface area contributed by atoms with E-state index >= 15 is 0 Å².